The molecule has 0 spiro atoms. The number of aryl methyl sites for hydroxylation is 1. The van der Waals surface area contributed by atoms with Crippen molar-refractivity contribution in [2.45, 2.75) is 25.6 Å². The maximum absolute atomic E-state index is 6.01. The van der Waals surface area contributed by atoms with Crippen LogP contribution >= 0.6 is 23.2 Å². The number of hydrogen-bond donors (Lipinski definition) is 0. The Balaban J connectivity index is 2.71. The molecule has 2 heterocycles. The molecule has 0 amide bonds. The summed E-state index contributed by atoms with van der Waals surface area (Å²) >= 11 is 12.0. The van der Waals surface area contributed by atoms with Gasteiger partial charge in [0, 0.05) is 5.39 Å². The van der Waals surface area contributed by atoms with Crippen molar-refractivity contribution in [2.24, 2.45) is 0 Å². The third kappa shape index (κ3) is 1.84. The van der Waals surface area contributed by atoms with Crippen LogP contribution in [0.4, 0.5) is 0 Å². The van der Waals surface area contributed by atoms with Crippen LogP contribution in [-0.2, 0) is 6.42 Å². The molecule has 2 nitrogen and oxygen atoms in total. The average Bonchev–Trinajstić information content (AvgIpc) is 2.60. The Morgan fingerprint density at radius 1 is 1.53 bits per heavy atom. The average molecular weight is 244 g/mol. The number of rotatable bonds is 2. The lowest BCUT2D eigenvalue weighted by Crippen LogP contribution is -1.91. The van der Waals surface area contributed by atoms with E-state index in [9.17, 15) is 0 Å². The molecule has 15 heavy (non-hydrogen) atoms. The Hall–Kier alpha value is -0.730. The van der Waals surface area contributed by atoms with Crippen LogP contribution in [0.2, 0.25) is 5.15 Å². The van der Waals surface area contributed by atoms with E-state index in [0.29, 0.717) is 10.7 Å². The molecule has 0 aliphatic heterocycles. The predicted octanol–water partition coefficient (Wildman–Crippen LogP) is 4.34. The molecule has 0 saturated heterocycles. The zero-order valence-corrected chi connectivity index (χ0v) is 10.1. The zero-order valence-electron chi connectivity index (χ0n) is 8.55. The Bertz CT molecular complexity index is 491. The van der Waals surface area contributed by atoms with Gasteiger partial charge in [-0.3, -0.25) is 0 Å². The van der Waals surface area contributed by atoms with Gasteiger partial charge in [0.25, 0.3) is 0 Å². The molecule has 0 fully saturated rings. The summed E-state index contributed by atoms with van der Waals surface area (Å²) in [6.07, 6.45) is 2.63. The van der Waals surface area contributed by atoms with Gasteiger partial charge in [-0.2, -0.15) is 0 Å². The number of aromatic nitrogens is 1. The van der Waals surface area contributed by atoms with E-state index >= 15 is 0 Å². The van der Waals surface area contributed by atoms with Crippen LogP contribution in [-0.4, -0.2) is 4.98 Å². The van der Waals surface area contributed by atoms with Crippen LogP contribution in [0.3, 0.4) is 0 Å². The second-order valence-corrected chi connectivity index (χ2v) is 4.46. The summed E-state index contributed by atoms with van der Waals surface area (Å²) in [6, 6.07) is 1.95. The second kappa shape index (κ2) is 4.03. The van der Waals surface area contributed by atoms with Crippen LogP contribution in [0.1, 0.15) is 30.5 Å². The van der Waals surface area contributed by atoms with Gasteiger partial charge in [-0.15, -0.1) is 11.6 Å². The van der Waals surface area contributed by atoms with Crippen LogP contribution in [0.15, 0.2) is 16.7 Å². The van der Waals surface area contributed by atoms with Gasteiger partial charge in [-0.25, -0.2) is 4.98 Å². The van der Waals surface area contributed by atoms with Crippen molar-refractivity contribution in [3.8, 4) is 0 Å². The molecule has 1 unspecified atom stereocenters. The fourth-order valence-electron chi connectivity index (χ4n) is 1.54. The molecule has 1 atom stereocenters. The monoisotopic (exact) mass is 243 g/mol. The number of pyridine rings is 1. The number of alkyl halides is 1. The standard InChI is InChI=1S/C11H11Cl2NO/c1-3-7-5-15-10-8(7)4-9(6(2)12)14-11(10)13/h4-6H,3H2,1-2H3. The molecular weight excluding hydrogens is 233 g/mol. The summed E-state index contributed by atoms with van der Waals surface area (Å²) in [6.45, 7) is 3.94. The summed E-state index contributed by atoms with van der Waals surface area (Å²) in [5, 5.41) is 1.25. The van der Waals surface area contributed by atoms with E-state index in [2.05, 4.69) is 11.9 Å². The van der Waals surface area contributed by atoms with E-state index in [-0.39, 0.29) is 5.38 Å². The minimum absolute atomic E-state index is 0.147. The fraction of sp³-hybridized carbons (Fsp3) is 0.364. The van der Waals surface area contributed by atoms with Crippen LogP contribution < -0.4 is 0 Å². The van der Waals surface area contributed by atoms with Crippen molar-refractivity contribution in [1.82, 2.24) is 4.98 Å². The van der Waals surface area contributed by atoms with Gasteiger partial charge in [-0.05, 0) is 25.0 Å². The lowest BCUT2D eigenvalue weighted by atomic mass is 10.1. The number of furan rings is 1. The molecule has 0 radical (unpaired) electrons. The number of halogens is 2. The second-order valence-electron chi connectivity index (χ2n) is 3.45. The van der Waals surface area contributed by atoms with E-state index in [1.165, 1.54) is 0 Å². The third-order valence-corrected chi connectivity index (χ3v) is 2.88. The summed E-state index contributed by atoms with van der Waals surface area (Å²) in [5.74, 6) is 0. The summed E-state index contributed by atoms with van der Waals surface area (Å²) in [7, 11) is 0. The maximum Gasteiger partial charge on any atom is 0.172 e. The van der Waals surface area contributed by atoms with Gasteiger partial charge in [0.15, 0.2) is 10.7 Å². The minimum Gasteiger partial charge on any atom is -0.461 e. The SMILES string of the molecule is CCc1coc2c(Cl)nc(C(C)Cl)cc12. The van der Waals surface area contributed by atoms with Crippen LogP contribution in [0, 0.1) is 0 Å². The minimum atomic E-state index is -0.147. The topological polar surface area (TPSA) is 26.0 Å². The molecule has 4 heteroatoms. The van der Waals surface area contributed by atoms with Gasteiger partial charge in [0.1, 0.15) is 0 Å². The van der Waals surface area contributed by atoms with Gasteiger partial charge < -0.3 is 4.42 Å². The number of hydrogen-bond acceptors (Lipinski definition) is 2. The van der Waals surface area contributed by atoms with Gasteiger partial charge in [0.2, 0.25) is 0 Å². The van der Waals surface area contributed by atoms with Crippen molar-refractivity contribution in [2.75, 3.05) is 0 Å². The highest BCUT2D eigenvalue weighted by molar-refractivity contribution is 6.33. The van der Waals surface area contributed by atoms with Crippen molar-refractivity contribution in [3.63, 3.8) is 0 Å². The van der Waals surface area contributed by atoms with Crippen molar-refractivity contribution >= 4 is 34.2 Å². The summed E-state index contributed by atoms with van der Waals surface area (Å²) in [4.78, 5) is 4.19. The first-order valence-corrected chi connectivity index (χ1v) is 5.65. The highest BCUT2D eigenvalue weighted by Gasteiger charge is 2.13. The molecule has 0 bridgehead atoms. The summed E-state index contributed by atoms with van der Waals surface area (Å²) in [5.41, 5.74) is 2.56. The molecular formula is C11H11Cl2NO. The lowest BCUT2D eigenvalue weighted by Gasteiger charge is -2.03. The Kier molecular flexibility index (Phi) is 2.89. The van der Waals surface area contributed by atoms with Crippen molar-refractivity contribution < 1.29 is 4.42 Å². The molecule has 2 aromatic rings. The number of nitrogens with zero attached hydrogens (tertiary/aromatic N) is 1. The molecule has 0 aliphatic carbocycles. The fourth-order valence-corrected chi connectivity index (χ4v) is 1.90. The largest absolute Gasteiger partial charge is 0.461 e. The highest BCUT2D eigenvalue weighted by Crippen LogP contribution is 2.30. The first-order valence-electron chi connectivity index (χ1n) is 4.84. The maximum atomic E-state index is 6.01. The van der Waals surface area contributed by atoms with Crippen molar-refractivity contribution in [3.05, 3.63) is 28.7 Å². The van der Waals surface area contributed by atoms with E-state index in [1.807, 2.05) is 13.0 Å². The van der Waals surface area contributed by atoms with E-state index in [1.54, 1.807) is 6.26 Å². The smallest absolute Gasteiger partial charge is 0.172 e. The van der Waals surface area contributed by atoms with E-state index in [4.69, 9.17) is 27.6 Å². The van der Waals surface area contributed by atoms with Gasteiger partial charge in [-0.1, -0.05) is 18.5 Å². The summed E-state index contributed by atoms with van der Waals surface area (Å²) < 4.78 is 5.37. The molecule has 80 valence electrons. The Labute approximate surface area is 98.2 Å². The Morgan fingerprint density at radius 2 is 2.27 bits per heavy atom. The van der Waals surface area contributed by atoms with Gasteiger partial charge >= 0.3 is 0 Å². The molecule has 0 aliphatic rings. The predicted molar refractivity (Wildman–Crippen MR) is 62.7 cm³/mol. The number of fused-ring (bicyclic) bond motifs is 1. The lowest BCUT2D eigenvalue weighted by molar-refractivity contribution is 0.609. The first kappa shape index (κ1) is 10.8. The highest BCUT2D eigenvalue weighted by atomic mass is 35.5. The van der Waals surface area contributed by atoms with Gasteiger partial charge in [0.05, 0.1) is 17.3 Å². The molecule has 0 N–H and O–H groups in total. The van der Waals surface area contributed by atoms with Crippen LogP contribution in [0.25, 0.3) is 11.0 Å². The third-order valence-electron chi connectivity index (χ3n) is 2.40. The molecule has 0 aromatic carbocycles. The molecule has 2 rings (SSSR count). The zero-order chi connectivity index (χ0) is 11.0. The molecule has 0 saturated carbocycles. The van der Waals surface area contributed by atoms with Crippen molar-refractivity contribution in [1.29, 1.82) is 0 Å². The van der Waals surface area contributed by atoms with E-state index < -0.39 is 0 Å². The quantitative estimate of drug-likeness (QED) is 0.580. The first-order chi connectivity index (χ1) is 7.13. The normalized spacial score (nSPS) is 13.3. The Morgan fingerprint density at radius 3 is 2.87 bits per heavy atom. The van der Waals surface area contributed by atoms with E-state index in [0.717, 1.165) is 23.1 Å². The molecule has 2 aromatic heterocycles. The van der Waals surface area contributed by atoms with Crippen LogP contribution in [0.5, 0.6) is 0 Å².